The molecule has 0 aliphatic rings. The van der Waals surface area contributed by atoms with Crippen LogP contribution in [-0.2, 0) is 16.6 Å². The van der Waals surface area contributed by atoms with Crippen LogP contribution in [0, 0.1) is 10.1 Å². The van der Waals surface area contributed by atoms with Crippen molar-refractivity contribution >= 4 is 33.0 Å². The van der Waals surface area contributed by atoms with Gasteiger partial charge in [-0.25, -0.2) is 8.42 Å². The standard InChI is InChI=1S/C15H16ClN3O4S/c1-17-14-8-7-12(9-15(14)19(20)21)24(22,23)18(2)10-11-5-3-4-6-13(11)16/h3-9,17H,10H2,1-2H3. The van der Waals surface area contributed by atoms with Gasteiger partial charge in [0.15, 0.2) is 0 Å². The van der Waals surface area contributed by atoms with Gasteiger partial charge in [0.1, 0.15) is 5.69 Å². The molecule has 24 heavy (non-hydrogen) atoms. The van der Waals surface area contributed by atoms with Crippen molar-refractivity contribution in [3.8, 4) is 0 Å². The van der Waals surface area contributed by atoms with Gasteiger partial charge < -0.3 is 5.32 Å². The lowest BCUT2D eigenvalue weighted by molar-refractivity contribution is -0.384. The normalized spacial score (nSPS) is 11.5. The highest BCUT2D eigenvalue weighted by Gasteiger charge is 2.25. The van der Waals surface area contributed by atoms with Crippen LogP contribution in [0.15, 0.2) is 47.4 Å². The number of halogens is 1. The molecule has 0 saturated carbocycles. The highest BCUT2D eigenvalue weighted by atomic mass is 35.5. The SMILES string of the molecule is CNc1ccc(S(=O)(=O)N(C)Cc2ccccc2Cl)cc1[N+](=O)[O-]. The fraction of sp³-hybridized carbons (Fsp3) is 0.200. The molecule has 0 aliphatic heterocycles. The molecule has 0 saturated heterocycles. The summed E-state index contributed by atoms with van der Waals surface area (Å²) in [6.07, 6.45) is 0. The average molecular weight is 370 g/mol. The average Bonchev–Trinajstić information content (AvgIpc) is 2.56. The van der Waals surface area contributed by atoms with Gasteiger partial charge in [-0.05, 0) is 23.8 Å². The smallest absolute Gasteiger partial charge is 0.293 e. The number of nitro benzene ring substituents is 1. The molecule has 7 nitrogen and oxygen atoms in total. The van der Waals surface area contributed by atoms with Gasteiger partial charge in [-0.3, -0.25) is 10.1 Å². The van der Waals surface area contributed by atoms with Gasteiger partial charge in [-0.1, -0.05) is 29.8 Å². The number of nitro groups is 1. The van der Waals surface area contributed by atoms with E-state index in [1.54, 1.807) is 24.3 Å². The van der Waals surface area contributed by atoms with Crippen LogP contribution in [-0.4, -0.2) is 31.7 Å². The molecular weight excluding hydrogens is 354 g/mol. The van der Waals surface area contributed by atoms with E-state index >= 15 is 0 Å². The van der Waals surface area contributed by atoms with Crippen LogP contribution >= 0.6 is 11.6 Å². The third kappa shape index (κ3) is 3.66. The van der Waals surface area contributed by atoms with E-state index in [0.717, 1.165) is 10.4 Å². The molecule has 0 aromatic heterocycles. The Morgan fingerprint density at radius 3 is 2.50 bits per heavy atom. The first kappa shape index (κ1) is 18.2. The zero-order valence-corrected chi connectivity index (χ0v) is 14.6. The predicted molar refractivity (Wildman–Crippen MR) is 92.7 cm³/mol. The Morgan fingerprint density at radius 2 is 1.92 bits per heavy atom. The molecule has 2 rings (SSSR count). The molecule has 1 N–H and O–H groups in total. The van der Waals surface area contributed by atoms with Crippen LogP contribution in [0.5, 0.6) is 0 Å². The number of hydrogen-bond donors (Lipinski definition) is 1. The van der Waals surface area contributed by atoms with Crippen LogP contribution < -0.4 is 5.32 Å². The van der Waals surface area contributed by atoms with Gasteiger partial charge in [0, 0.05) is 31.7 Å². The van der Waals surface area contributed by atoms with E-state index in [9.17, 15) is 18.5 Å². The summed E-state index contributed by atoms with van der Waals surface area (Å²) < 4.78 is 26.4. The first-order chi connectivity index (χ1) is 11.3. The first-order valence-corrected chi connectivity index (χ1v) is 8.75. The fourth-order valence-electron chi connectivity index (χ4n) is 2.17. The molecule has 9 heteroatoms. The predicted octanol–water partition coefficient (Wildman–Crippen LogP) is 3.11. The highest BCUT2D eigenvalue weighted by molar-refractivity contribution is 7.89. The van der Waals surface area contributed by atoms with Crippen LogP contribution in [0.3, 0.4) is 0 Å². The minimum absolute atomic E-state index is 0.0591. The molecule has 128 valence electrons. The Hall–Kier alpha value is -2.16. The monoisotopic (exact) mass is 369 g/mol. The number of sulfonamides is 1. The summed E-state index contributed by atoms with van der Waals surface area (Å²) in [4.78, 5) is 10.3. The lowest BCUT2D eigenvalue weighted by atomic mass is 10.2. The number of nitrogens with zero attached hydrogens (tertiary/aromatic N) is 2. The minimum Gasteiger partial charge on any atom is -0.383 e. The molecule has 0 fully saturated rings. The summed E-state index contributed by atoms with van der Waals surface area (Å²) in [6.45, 7) is 0.0591. The zero-order valence-electron chi connectivity index (χ0n) is 13.1. The molecule has 0 spiro atoms. The first-order valence-electron chi connectivity index (χ1n) is 6.93. The van der Waals surface area contributed by atoms with Gasteiger partial charge in [0.2, 0.25) is 10.0 Å². The van der Waals surface area contributed by atoms with Crippen LogP contribution in [0.1, 0.15) is 5.56 Å². The van der Waals surface area contributed by atoms with Gasteiger partial charge in [0.05, 0.1) is 9.82 Å². The maximum absolute atomic E-state index is 12.7. The summed E-state index contributed by atoms with van der Waals surface area (Å²) in [5.41, 5.74) is 0.587. The molecule has 0 radical (unpaired) electrons. The van der Waals surface area contributed by atoms with Crippen molar-refractivity contribution < 1.29 is 13.3 Å². The van der Waals surface area contributed by atoms with E-state index in [4.69, 9.17) is 11.6 Å². The largest absolute Gasteiger partial charge is 0.383 e. The quantitative estimate of drug-likeness (QED) is 0.623. The molecule has 2 aromatic carbocycles. The van der Waals surface area contributed by atoms with Crippen molar-refractivity contribution in [2.75, 3.05) is 19.4 Å². The zero-order chi connectivity index (χ0) is 17.9. The summed E-state index contributed by atoms with van der Waals surface area (Å²) >= 11 is 6.05. The van der Waals surface area contributed by atoms with Crippen molar-refractivity contribution in [3.05, 3.63) is 63.2 Å². The van der Waals surface area contributed by atoms with Crippen molar-refractivity contribution in [1.82, 2.24) is 4.31 Å². The second-order valence-corrected chi connectivity index (χ2v) is 7.49. The van der Waals surface area contributed by atoms with Crippen LogP contribution in [0.25, 0.3) is 0 Å². The third-order valence-corrected chi connectivity index (χ3v) is 5.66. The molecule has 0 aliphatic carbocycles. The van der Waals surface area contributed by atoms with E-state index in [1.165, 1.54) is 26.2 Å². The fourth-order valence-corrected chi connectivity index (χ4v) is 3.53. The van der Waals surface area contributed by atoms with Gasteiger partial charge >= 0.3 is 0 Å². The van der Waals surface area contributed by atoms with Gasteiger partial charge in [-0.2, -0.15) is 4.31 Å². The van der Waals surface area contributed by atoms with Crippen molar-refractivity contribution in [2.24, 2.45) is 0 Å². The molecule has 0 amide bonds. The Bertz CT molecular complexity index is 871. The van der Waals surface area contributed by atoms with Crippen molar-refractivity contribution in [3.63, 3.8) is 0 Å². The summed E-state index contributed by atoms with van der Waals surface area (Å²) in [7, 11) is -0.965. The highest BCUT2D eigenvalue weighted by Crippen LogP contribution is 2.29. The van der Waals surface area contributed by atoms with E-state index < -0.39 is 14.9 Å². The Labute approximate surface area is 145 Å². The number of benzene rings is 2. The summed E-state index contributed by atoms with van der Waals surface area (Å²) in [5.74, 6) is 0. The van der Waals surface area contributed by atoms with E-state index in [0.29, 0.717) is 10.6 Å². The molecule has 2 aromatic rings. The topological polar surface area (TPSA) is 92.6 Å². The maximum atomic E-state index is 12.7. The second-order valence-electron chi connectivity index (χ2n) is 5.04. The molecule has 0 bridgehead atoms. The Morgan fingerprint density at radius 1 is 1.25 bits per heavy atom. The molecular formula is C15H16ClN3O4S. The number of rotatable bonds is 6. The molecule has 0 unspecified atom stereocenters. The van der Waals surface area contributed by atoms with Crippen molar-refractivity contribution in [2.45, 2.75) is 11.4 Å². The van der Waals surface area contributed by atoms with E-state index in [1.807, 2.05) is 0 Å². The number of hydrogen-bond acceptors (Lipinski definition) is 5. The Balaban J connectivity index is 2.38. The maximum Gasteiger partial charge on any atom is 0.293 e. The number of anilines is 1. The number of nitrogens with one attached hydrogen (secondary N) is 1. The summed E-state index contributed by atoms with van der Waals surface area (Å²) in [6, 6.07) is 10.6. The lowest BCUT2D eigenvalue weighted by Gasteiger charge is -2.18. The molecule has 0 atom stereocenters. The molecule has 0 heterocycles. The second kappa shape index (κ2) is 7.16. The van der Waals surface area contributed by atoms with Gasteiger partial charge in [0.25, 0.3) is 5.69 Å². The third-order valence-electron chi connectivity index (χ3n) is 3.49. The summed E-state index contributed by atoms with van der Waals surface area (Å²) in [5, 5.41) is 14.2. The minimum atomic E-state index is -3.89. The van der Waals surface area contributed by atoms with Crippen LogP contribution in [0.4, 0.5) is 11.4 Å². The van der Waals surface area contributed by atoms with Gasteiger partial charge in [-0.15, -0.1) is 0 Å². The van der Waals surface area contributed by atoms with E-state index in [2.05, 4.69) is 5.32 Å². The lowest BCUT2D eigenvalue weighted by Crippen LogP contribution is -2.26. The van der Waals surface area contributed by atoms with E-state index in [-0.39, 0.29) is 22.8 Å². The van der Waals surface area contributed by atoms with Crippen molar-refractivity contribution in [1.29, 1.82) is 0 Å². The Kier molecular flexibility index (Phi) is 5.43. The van der Waals surface area contributed by atoms with Crippen LogP contribution in [0.2, 0.25) is 5.02 Å².